The predicted octanol–water partition coefficient (Wildman–Crippen LogP) is 3.39. The van der Waals surface area contributed by atoms with Crippen LogP contribution in [0, 0.1) is 0 Å². The Bertz CT molecular complexity index is 597. The third-order valence-corrected chi connectivity index (χ3v) is 4.41. The average Bonchev–Trinajstić information content (AvgIpc) is 2.64. The molecule has 2 rings (SSSR count). The first-order chi connectivity index (χ1) is 12.2. The van der Waals surface area contributed by atoms with Crippen molar-refractivity contribution < 1.29 is 9.84 Å². The van der Waals surface area contributed by atoms with Crippen LogP contribution >= 0.6 is 0 Å². The summed E-state index contributed by atoms with van der Waals surface area (Å²) >= 11 is 0. The molecule has 0 heterocycles. The Morgan fingerprint density at radius 2 is 2.12 bits per heavy atom. The first kappa shape index (κ1) is 19.2. The predicted molar refractivity (Wildman–Crippen MR) is 104 cm³/mol. The van der Waals surface area contributed by atoms with Gasteiger partial charge in [0.15, 0.2) is 5.96 Å². The van der Waals surface area contributed by atoms with E-state index < -0.39 is 0 Å². The Kier molecular flexibility index (Phi) is 8.16. The highest BCUT2D eigenvalue weighted by Crippen LogP contribution is 2.23. The number of guanidine groups is 1. The number of nitrogens with zero attached hydrogens (tertiary/aromatic N) is 1. The molecule has 0 aromatic heterocycles. The molecule has 1 aliphatic carbocycles. The molecule has 0 saturated heterocycles. The first-order valence-corrected chi connectivity index (χ1v) is 9.29. The third-order valence-electron chi connectivity index (χ3n) is 4.41. The van der Waals surface area contributed by atoms with Gasteiger partial charge in [0.1, 0.15) is 11.5 Å². The topological polar surface area (TPSA) is 65.9 Å². The van der Waals surface area contributed by atoms with Gasteiger partial charge in [-0.3, -0.25) is 4.99 Å². The minimum absolute atomic E-state index is 0.261. The number of ether oxygens (including phenoxy) is 1. The number of allylic oxidation sites excluding steroid dienone is 1. The zero-order chi connectivity index (χ0) is 17.9. The number of nitrogens with one attached hydrogen (secondary N) is 2. The van der Waals surface area contributed by atoms with Gasteiger partial charge in [0.25, 0.3) is 0 Å². The van der Waals surface area contributed by atoms with Crippen molar-refractivity contribution in [2.45, 2.75) is 45.4 Å². The van der Waals surface area contributed by atoms with Gasteiger partial charge in [0.2, 0.25) is 0 Å². The maximum Gasteiger partial charge on any atom is 0.191 e. The van der Waals surface area contributed by atoms with Crippen molar-refractivity contribution in [3.05, 3.63) is 35.4 Å². The van der Waals surface area contributed by atoms with E-state index in [1.807, 2.05) is 12.1 Å². The lowest BCUT2D eigenvalue weighted by Gasteiger charge is -2.15. The summed E-state index contributed by atoms with van der Waals surface area (Å²) in [4.78, 5) is 4.61. The van der Waals surface area contributed by atoms with E-state index in [4.69, 9.17) is 4.74 Å². The zero-order valence-electron chi connectivity index (χ0n) is 15.5. The number of phenols is 1. The minimum Gasteiger partial charge on any atom is -0.508 e. The van der Waals surface area contributed by atoms with Gasteiger partial charge in [-0.1, -0.05) is 17.7 Å². The van der Waals surface area contributed by atoms with E-state index >= 15 is 0 Å². The molecule has 0 bridgehead atoms. The summed E-state index contributed by atoms with van der Waals surface area (Å²) in [6.07, 6.45) is 9.30. The molecule has 5 heteroatoms. The number of phenolic OH excluding ortho intramolecular Hbond substituents is 1. The second-order valence-corrected chi connectivity index (χ2v) is 6.29. The molecule has 0 radical (unpaired) electrons. The molecule has 1 aliphatic rings. The highest BCUT2D eigenvalue weighted by atomic mass is 16.5. The van der Waals surface area contributed by atoms with Gasteiger partial charge in [-0.15, -0.1) is 0 Å². The van der Waals surface area contributed by atoms with Crippen LogP contribution in [0.25, 0.3) is 0 Å². The van der Waals surface area contributed by atoms with Crippen LogP contribution in [0.3, 0.4) is 0 Å². The van der Waals surface area contributed by atoms with Crippen molar-refractivity contribution in [1.82, 2.24) is 10.6 Å². The average molecular weight is 345 g/mol. The SMILES string of the molecule is CCNC(=NCCc1ccc(OC)cc1O)NCCC1=CCCCC1. The van der Waals surface area contributed by atoms with E-state index in [9.17, 15) is 5.11 Å². The fraction of sp³-hybridized carbons (Fsp3) is 0.550. The molecule has 0 atom stereocenters. The fourth-order valence-corrected chi connectivity index (χ4v) is 2.99. The molecule has 0 aliphatic heterocycles. The zero-order valence-corrected chi connectivity index (χ0v) is 15.5. The van der Waals surface area contributed by atoms with Gasteiger partial charge >= 0.3 is 0 Å². The van der Waals surface area contributed by atoms with Gasteiger partial charge in [0, 0.05) is 25.7 Å². The molecule has 5 nitrogen and oxygen atoms in total. The van der Waals surface area contributed by atoms with Crippen LogP contribution in [0.1, 0.15) is 44.6 Å². The summed E-state index contributed by atoms with van der Waals surface area (Å²) in [5.74, 6) is 1.76. The maximum absolute atomic E-state index is 10.0. The molecule has 138 valence electrons. The Hall–Kier alpha value is -2.17. The van der Waals surface area contributed by atoms with Gasteiger partial charge in [-0.05, 0) is 57.1 Å². The molecule has 3 N–H and O–H groups in total. The highest BCUT2D eigenvalue weighted by molar-refractivity contribution is 5.79. The first-order valence-electron chi connectivity index (χ1n) is 9.29. The minimum atomic E-state index is 0.261. The number of rotatable bonds is 8. The summed E-state index contributed by atoms with van der Waals surface area (Å²) in [7, 11) is 1.59. The number of hydrogen-bond acceptors (Lipinski definition) is 3. The molecule has 1 aromatic rings. The summed E-state index contributed by atoms with van der Waals surface area (Å²) < 4.78 is 5.11. The molecule has 25 heavy (non-hydrogen) atoms. The number of aromatic hydroxyl groups is 1. The lowest BCUT2D eigenvalue weighted by molar-refractivity contribution is 0.406. The Balaban J connectivity index is 1.81. The van der Waals surface area contributed by atoms with Crippen molar-refractivity contribution in [3.8, 4) is 11.5 Å². The van der Waals surface area contributed by atoms with E-state index in [1.54, 1.807) is 18.7 Å². The lowest BCUT2D eigenvalue weighted by atomic mass is 9.97. The Labute approximate surface area is 151 Å². The number of aliphatic imine (C=N–C) groups is 1. The molecule has 0 spiro atoms. The van der Waals surface area contributed by atoms with Gasteiger partial charge in [-0.25, -0.2) is 0 Å². The van der Waals surface area contributed by atoms with E-state index in [0.717, 1.165) is 31.0 Å². The van der Waals surface area contributed by atoms with Crippen LogP contribution < -0.4 is 15.4 Å². The van der Waals surface area contributed by atoms with Crippen molar-refractivity contribution in [2.24, 2.45) is 4.99 Å². The van der Waals surface area contributed by atoms with Crippen LogP contribution in [-0.4, -0.2) is 37.8 Å². The summed E-state index contributed by atoms with van der Waals surface area (Å²) in [6, 6.07) is 5.39. The second-order valence-electron chi connectivity index (χ2n) is 6.29. The Morgan fingerprint density at radius 1 is 1.24 bits per heavy atom. The monoisotopic (exact) mass is 345 g/mol. The molecule has 1 aromatic carbocycles. The van der Waals surface area contributed by atoms with Crippen LogP contribution in [0.15, 0.2) is 34.8 Å². The van der Waals surface area contributed by atoms with Gasteiger partial charge in [0.05, 0.1) is 7.11 Å². The van der Waals surface area contributed by atoms with E-state index in [1.165, 1.54) is 25.7 Å². The molecule has 0 fully saturated rings. The fourth-order valence-electron chi connectivity index (χ4n) is 2.99. The standard InChI is InChI=1S/C20H31N3O2/c1-3-21-20(22-13-11-16-7-5-4-6-8-16)23-14-12-17-9-10-18(25-2)15-19(17)24/h7,9-10,15,24H,3-6,8,11-14H2,1-2H3,(H2,21,22,23). The van der Waals surface area contributed by atoms with Gasteiger partial charge in [-0.2, -0.15) is 0 Å². The van der Waals surface area contributed by atoms with Crippen LogP contribution in [0.2, 0.25) is 0 Å². The van der Waals surface area contributed by atoms with Gasteiger partial charge < -0.3 is 20.5 Å². The van der Waals surface area contributed by atoms with Crippen molar-refractivity contribution in [3.63, 3.8) is 0 Å². The summed E-state index contributed by atoms with van der Waals surface area (Å²) in [5, 5.41) is 16.7. The molecular formula is C20H31N3O2. The maximum atomic E-state index is 10.0. The molecular weight excluding hydrogens is 314 g/mol. The lowest BCUT2D eigenvalue weighted by Crippen LogP contribution is -2.38. The van der Waals surface area contributed by atoms with Crippen LogP contribution in [0.4, 0.5) is 0 Å². The normalized spacial score (nSPS) is 14.8. The van der Waals surface area contributed by atoms with Crippen molar-refractivity contribution in [2.75, 3.05) is 26.7 Å². The molecule has 0 amide bonds. The number of methoxy groups -OCH3 is 1. The van der Waals surface area contributed by atoms with E-state index in [-0.39, 0.29) is 5.75 Å². The Morgan fingerprint density at radius 3 is 2.80 bits per heavy atom. The van der Waals surface area contributed by atoms with Crippen LogP contribution in [-0.2, 0) is 6.42 Å². The third kappa shape index (κ3) is 6.69. The quantitative estimate of drug-likeness (QED) is 0.384. The summed E-state index contributed by atoms with van der Waals surface area (Å²) in [5.41, 5.74) is 2.45. The molecule has 0 saturated carbocycles. The smallest absolute Gasteiger partial charge is 0.191 e. The van der Waals surface area contributed by atoms with E-state index in [2.05, 4.69) is 28.6 Å². The molecule has 0 unspecified atom stereocenters. The second kappa shape index (κ2) is 10.6. The summed E-state index contributed by atoms with van der Waals surface area (Å²) in [6.45, 7) is 4.43. The largest absolute Gasteiger partial charge is 0.508 e. The number of benzene rings is 1. The van der Waals surface area contributed by atoms with Crippen LogP contribution in [0.5, 0.6) is 11.5 Å². The van der Waals surface area contributed by atoms with Crippen molar-refractivity contribution in [1.29, 1.82) is 0 Å². The highest BCUT2D eigenvalue weighted by Gasteiger charge is 2.05. The van der Waals surface area contributed by atoms with E-state index in [0.29, 0.717) is 18.7 Å². The number of hydrogen-bond donors (Lipinski definition) is 3. The van der Waals surface area contributed by atoms with Crippen molar-refractivity contribution >= 4 is 5.96 Å².